The molecule has 2 N–H and O–H groups in total. The molecule has 1 saturated heterocycles. The third kappa shape index (κ3) is 5.41. The summed E-state index contributed by atoms with van der Waals surface area (Å²) in [6, 6.07) is 14.6. The van der Waals surface area contributed by atoms with Crippen LogP contribution in [-0.4, -0.2) is 45.6 Å². The van der Waals surface area contributed by atoms with Gasteiger partial charge in [-0.15, -0.1) is 10.2 Å². The summed E-state index contributed by atoms with van der Waals surface area (Å²) >= 11 is 0. The minimum absolute atomic E-state index is 0.552. The zero-order valence-electron chi connectivity index (χ0n) is 18.8. The van der Waals surface area contributed by atoms with Crippen LogP contribution in [0.5, 0.6) is 0 Å². The van der Waals surface area contributed by atoms with E-state index in [0.29, 0.717) is 6.54 Å². The Balaban J connectivity index is 1.35. The molecule has 0 saturated carbocycles. The molecule has 3 heterocycles. The molecule has 7 nitrogen and oxygen atoms in total. The molecule has 164 valence electrons. The molecule has 31 heavy (non-hydrogen) atoms. The predicted octanol–water partition coefficient (Wildman–Crippen LogP) is 3.07. The Bertz CT molecular complexity index is 1020. The van der Waals surface area contributed by atoms with E-state index in [1.807, 2.05) is 28.8 Å². The van der Waals surface area contributed by atoms with Gasteiger partial charge in [0.25, 0.3) is 0 Å². The molecule has 3 aromatic rings. The summed E-state index contributed by atoms with van der Waals surface area (Å²) in [6.07, 6.45) is 3.31. The Morgan fingerprint density at radius 2 is 1.68 bits per heavy atom. The van der Waals surface area contributed by atoms with Gasteiger partial charge in [0.05, 0.1) is 6.54 Å². The number of guanidine groups is 1. The SMILES string of the molecule is CN=C(NCc1ccccc1CN1CC(C)CC(C)C1)NCc1nnc2ccccn12. The Hall–Kier alpha value is -2.93. The Morgan fingerprint density at radius 3 is 2.45 bits per heavy atom. The van der Waals surface area contributed by atoms with Crippen molar-refractivity contribution < 1.29 is 0 Å². The number of hydrogen-bond acceptors (Lipinski definition) is 4. The maximum Gasteiger partial charge on any atom is 0.191 e. The van der Waals surface area contributed by atoms with E-state index >= 15 is 0 Å². The maximum absolute atomic E-state index is 4.37. The molecule has 7 heteroatoms. The van der Waals surface area contributed by atoms with Crippen LogP contribution in [0.1, 0.15) is 37.2 Å². The Kier molecular flexibility index (Phi) is 6.82. The number of piperidine rings is 1. The van der Waals surface area contributed by atoms with Gasteiger partial charge in [-0.25, -0.2) is 0 Å². The van der Waals surface area contributed by atoms with Gasteiger partial charge in [-0.05, 0) is 41.5 Å². The second-order valence-electron chi connectivity index (χ2n) is 8.73. The average Bonchev–Trinajstić information content (AvgIpc) is 3.17. The zero-order chi connectivity index (χ0) is 21.6. The van der Waals surface area contributed by atoms with Crippen LogP contribution in [0.25, 0.3) is 5.65 Å². The lowest BCUT2D eigenvalue weighted by molar-refractivity contribution is 0.134. The molecule has 0 amide bonds. The molecule has 0 aliphatic carbocycles. The minimum atomic E-state index is 0.552. The average molecular weight is 420 g/mol. The second kappa shape index (κ2) is 9.92. The van der Waals surface area contributed by atoms with Gasteiger partial charge < -0.3 is 10.6 Å². The van der Waals surface area contributed by atoms with E-state index in [4.69, 9.17) is 0 Å². The van der Waals surface area contributed by atoms with E-state index in [-0.39, 0.29) is 0 Å². The number of likely N-dealkylation sites (tertiary alicyclic amines) is 1. The summed E-state index contributed by atoms with van der Waals surface area (Å²) in [5, 5.41) is 15.3. The fourth-order valence-electron chi connectivity index (χ4n) is 4.62. The van der Waals surface area contributed by atoms with Crippen molar-refractivity contribution in [2.45, 2.75) is 39.9 Å². The molecule has 1 aromatic carbocycles. The number of fused-ring (bicyclic) bond motifs is 1. The van der Waals surface area contributed by atoms with Crippen molar-refractivity contribution in [1.82, 2.24) is 30.1 Å². The molecular weight excluding hydrogens is 386 g/mol. The van der Waals surface area contributed by atoms with Crippen molar-refractivity contribution in [2.24, 2.45) is 16.8 Å². The number of pyridine rings is 1. The van der Waals surface area contributed by atoms with Crippen LogP contribution in [0.2, 0.25) is 0 Å². The van der Waals surface area contributed by atoms with Crippen molar-refractivity contribution >= 4 is 11.6 Å². The molecular formula is C24H33N7. The number of nitrogens with one attached hydrogen (secondary N) is 2. The molecule has 2 unspecified atom stereocenters. The first kappa shape index (κ1) is 21.3. The van der Waals surface area contributed by atoms with Gasteiger partial charge in [0.15, 0.2) is 17.4 Å². The highest BCUT2D eigenvalue weighted by molar-refractivity contribution is 5.79. The normalized spacial score (nSPS) is 20.2. The molecule has 2 atom stereocenters. The summed E-state index contributed by atoms with van der Waals surface area (Å²) < 4.78 is 1.98. The number of hydrogen-bond donors (Lipinski definition) is 2. The first-order valence-electron chi connectivity index (χ1n) is 11.1. The highest BCUT2D eigenvalue weighted by Crippen LogP contribution is 2.23. The van der Waals surface area contributed by atoms with Crippen LogP contribution in [-0.2, 0) is 19.6 Å². The van der Waals surface area contributed by atoms with Crippen LogP contribution in [0, 0.1) is 11.8 Å². The molecule has 0 bridgehead atoms. The van der Waals surface area contributed by atoms with Crippen molar-refractivity contribution in [2.75, 3.05) is 20.1 Å². The molecule has 0 spiro atoms. The third-order valence-corrected chi connectivity index (χ3v) is 5.92. The van der Waals surface area contributed by atoms with Crippen molar-refractivity contribution in [1.29, 1.82) is 0 Å². The minimum Gasteiger partial charge on any atom is -0.352 e. The number of aliphatic imine (C=N–C) groups is 1. The van der Waals surface area contributed by atoms with E-state index in [2.05, 4.69) is 68.8 Å². The van der Waals surface area contributed by atoms with Gasteiger partial charge in [0.1, 0.15) is 0 Å². The number of rotatable bonds is 6. The van der Waals surface area contributed by atoms with E-state index in [1.54, 1.807) is 7.05 Å². The van der Waals surface area contributed by atoms with Crippen LogP contribution in [0.15, 0.2) is 53.7 Å². The molecule has 0 radical (unpaired) electrons. The number of benzene rings is 1. The third-order valence-electron chi connectivity index (χ3n) is 5.92. The summed E-state index contributed by atoms with van der Waals surface area (Å²) in [5.74, 6) is 3.14. The molecule has 1 aliphatic heterocycles. The van der Waals surface area contributed by atoms with Gasteiger partial charge in [0.2, 0.25) is 0 Å². The van der Waals surface area contributed by atoms with Gasteiger partial charge in [-0.1, -0.05) is 44.2 Å². The highest BCUT2D eigenvalue weighted by atomic mass is 15.3. The quantitative estimate of drug-likeness (QED) is 0.475. The molecule has 2 aromatic heterocycles. The van der Waals surface area contributed by atoms with Crippen LogP contribution in [0.3, 0.4) is 0 Å². The van der Waals surface area contributed by atoms with Crippen LogP contribution in [0.4, 0.5) is 0 Å². The van der Waals surface area contributed by atoms with E-state index in [9.17, 15) is 0 Å². The number of nitrogens with zero attached hydrogens (tertiary/aromatic N) is 5. The summed E-state index contributed by atoms with van der Waals surface area (Å²) in [7, 11) is 1.79. The van der Waals surface area contributed by atoms with Gasteiger partial charge in [0, 0.05) is 39.4 Å². The first-order valence-corrected chi connectivity index (χ1v) is 11.1. The smallest absolute Gasteiger partial charge is 0.191 e. The van der Waals surface area contributed by atoms with E-state index in [1.165, 1.54) is 30.6 Å². The molecule has 1 fully saturated rings. The van der Waals surface area contributed by atoms with Gasteiger partial charge in [-0.3, -0.25) is 14.3 Å². The van der Waals surface area contributed by atoms with Crippen molar-refractivity contribution in [3.63, 3.8) is 0 Å². The molecule has 1 aliphatic rings. The van der Waals surface area contributed by atoms with Crippen LogP contribution < -0.4 is 10.6 Å². The van der Waals surface area contributed by atoms with Gasteiger partial charge >= 0.3 is 0 Å². The van der Waals surface area contributed by atoms with Crippen LogP contribution >= 0.6 is 0 Å². The number of aromatic nitrogens is 3. The predicted molar refractivity (Wildman–Crippen MR) is 125 cm³/mol. The topological polar surface area (TPSA) is 69.8 Å². The lowest BCUT2D eigenvalue weighted by Gasteiger charge is -2.35. The Labute approximate surface area is 184 Å². The summed E-state index contributed by atoms with van der Waals surface area (Å²) in [4.78, 5) is 6.97. The summed E-state index contributed by atoms with van der Waals surface area (Å²) in [5.41, 5.74) is 3.54. The lowest BCUT2D eigenvalue weighted by Crippen LogP contribution is -2.39. The summed E-state index contributed by atoms with van der Waals surface area (Å²) in [6.45, 7) is 9.38. The Morgan fingerprint density at radius 1 is 0.968 bits per heavy atom. The fourth-order valence-corrected chi connectivity index (χ4v) is 4.62. The van der Waals surface area contributed by atoms with Gasteiger partial charge in [-0.2, -0.15) is 0 Å². The maximum atomic E-state index is 4.37. The van der Waals surface area contributed by atoms with E-state index in [0.717, 1.165) is 42.4 Å². The molecule has 4 rings (SSSR count). The zero-order valence-corrected chi connectivity index (χ0v) is 18.8. The largest absolute Gasteiger partial charge is 0.352 e. The van der Waals surface area contributed by atoms with Crippen molar-refractivity contribution in [3.05, 3.63) is 65.6 Å². The lowest BCUT2D eigenvalue weighted by atomic mass is 9.91. The van der Waals surface area contributed by atoms with E-state index < -0.39 is 0 Å². The monoisotopic (exact) mass is 419 g/mol. The fraction of sp³-hybridized carbons (Fsp3) is 0.458. The highest BCUT2D eigenvalue weighted by Gasteiger charge is 2.22. The second-order valence-corrected chi connectivity index (χ2v) is 8.73. The van der Waals surface area contributed by atoms with Crippen molar-refractivity contribution in [3.8, 4) is 0 Å². The standard InChI is InChI=1S/C24H33N7/c1-18-12-19(2)16-30(15-18)17-21-9-5-4-8-20(21)13-26-24(25-3)27-14-23-29-28-22-10-6-7-11-31(22)23/h4-11,18-19H,12-17H2,1-3H3,(H2,25,26,27). The first-order chi connectivity index (χ1) is 15.1.